The molecular formula is C19H23N3O3. The monoisotopic (exact) mass is 341 g/mol. The van der Waals surface area contributed by atoms with Crippen molar-refractivity contribution in [3.05, 3.63) is 47.6 Å². The maximum Gasteiger partial charge on any atom is 0.229 e. The SMILES string of the molecule is O=C(CCOCc1ccccc1)N1CCC[C@@H]1c1noc(C2CC2)n1. The molecule has 6 nitrogen and oxygen atoms in total. The van der Waals surface area contributed by atoms with Gasteiger partial charge < -0.3 is 14.2 Å². The zero-order valence-corrected chi connectivity index (χ0v) is 14.3. The summed E-state index contributed by atoms with van der Waals surface area (Å²) in [5, 5.41) is 4.12. The third-order valence-electron chi connectivity index (χ3n) is 4.83. The van der Waals surface area contributed by atoms with Gasteiger partial charge >= 0.3 is 0 Å². The van der Waals surface area contributed by atoms with Gasteiger partial charge in [-0.15, -0.1) is 0 Å². The molecule has 1 atom stereocenters. The molecule has 1 aliphatic heterocycles. The Kier molecular flexibility index (Phi) is 4.78. The highest BCUT2D eigenvalue weighted by Crippen LogP contribution is 2.40. The van der Waals surface area contributed by atoms with Gasteiger partial charge in [-0.1, -0.05) is 35.5 Å². The zero-order valence-electron chi connectivity index (χ0n) is 14.3. The second-order valence-corrected chi connectivity index (χ2v) is 6.80. The molecule has 2 heterocycles. The number of ether oxygens (including phenoxy) is 1. The largest absolute Gasteiger partial charge is 0.376 e. The van der Waals surface area contributed by atoms with Gasteiger partial charge in [0.15, 0.2) is 5.82 Å². The summed E-state index contributed by atoms with van der Waals surface area (Å²) in [4.78, 5) is 19.0. The van der Waals surface area contributed by atoms with E-state index >= 15 is 0 Å². The van der Waals surface area contributed by atoms with Crippen molar-refractivity contribution < 1.29 is 14.1 Å². The second kappa shape index (κ2) is 7.35. The maximum absolute atomic E-state index is 12.6. The minimum Gasteiger partial charge on any atom is -0.376 e. The van der Waals surface area contributed by atoms with Crippen LogP contribution in [0.15, 0.2) is 34.9 Å². The van der Waals surface area contributed by atoms with Crippen molar-refractivity contribution in [3.8, 4) is 0 Å². The van der Waals surface area contributed by atoms with Gasteiger partial charge in [-0.2, -0.15) is 4.98 Å². The van der Waals surface area contributed by atoms with Crippen LogP contribution in [0.3, 0.4) is 0 Å². The van der Waals surface area contributed by atoms with Crippen LogP contribution in [0.1, 0.15) is 61.3 Å². The van der Waals surface area contributed by atoms with E-state index < -0.39 is 0 Å². The number of hydrogen-bond acceptors (Lipinski definition) is 5. The number of carbonyl (C=O) groups is 1. The summed E-state index contributed by atoms with van der Waals surface area (Å²) in [5.41, 5.74) is 1.12. The Bertz CT molecular complexity index is 712. The standard InChI is InChI=1S/C19H23N3O3/c23-17(10-12-24-13-14-5-2-1-3-6-14)22-11-4-7-16(22)18-20-19(25-21-18)15-8-9-15/h1-3,5-6,15-16H,4,7-13H2/t16-/m1/s1. The molecule has 4 rings (SSSR count). The van der Waals surface area contributed by atoms with Gasteiger partial charge in [0.25, 0.3) is 0 Å². The highest BCUT2D eigenvalue weighted by Gasteiger charge is 2.35. The fourth-order valence-electron chi connectivity index (χ4n) is 3.28. The lowest BCUT2D eigenvalue weighted by Crippen LogP contribution is -2.31. The fourth-order valence-corrected chi connectivity index (χ4v) is 3.28. The van der Waals surface area contributed by atoms with E-state index in [1.54, 1.807) is 0 Å². The molecule has 1 saturated heterocycles. The Morgan fingerprint density at radius 3 is 2.88 bits per heavy atom. The van der Waals surface area contributed by atoms with Crippen molar-refractivity contribution in [1.82, 2.24) is 15.0 Å². The number of likely N-dealkylation sites (tertiary alicyclic amines) is 1. The average Bonchev–Trinajstić information content (AvgIpc) is 3.18. The van der Waals surface area contributed by atoms with Crippen molar-refractivity contribution >= 4 is 5.91 Å². The zero-order chi connectivity index (χ0) is 17.1. The summed E-state index contributed by atoms with van der Waals surface area (Å²) in [6, 6.07) is 9.95. The van der Waals surface area contributed by atoms with E-state index in [2.05, 4.69) is 10.1 Å². The third kappa shape index (κ3) is 3.90. The van der Waals surface area contributed by atoms with Crippen molar-refractivity contribution in [2.75, 3.05) is 13.2 Å². The predicted octanol–water partition coefficient (Wildman–Crippen LogP) is 3.22. The average molecular weight is 341 g/mol. The Morgan fingerprint density at radius 2 is 2.08 bits per heavy atom. The van der Waals surface area contributed by atoms with Crippen molar-refractivity contribution in [2.24, 2.45) is 0 Å². The quantitative estimate of drug-likeness (QED) is 0.723. The summed E-state index contributed by atoms with van der Waals surface area (Å²) in [6.07, 6.45) is 4.53. The minimum atomic E-state index is -0.0436. The molecule has 2 fully saturated rings. The molecule has 1 aromatic heterocycles. The van der Waals surface area contributed by atoms with Gasteiger partial charge in [-0.05, 0) is 31.2 Å². The summed E-state index contributed by atoms with van der Waals surface area (Å²) < 4.78 is 11.0. The van der Waals surface area contributed by atoms with Gasteiger partial charge in [0, 0.05) is 12.5 Å². The smallest absolute Gasteiger partial charge is 0.229 e. The third-order valence-corrected chi connectivity index (χ3v) is 4.83. The molecule has 2 aromatic rings. The first-order valence-corrected chi connectivity index (χ1v) is 9.06. The predicted molar refractivity (Wildman–Crippen MR) is 90.7 cm³/mol. The molecule has 25 heavy (non-hydrogen) atoms. The maximum atomic E-state index is 12.6. The second-order valence-electron chi connectivity index (χ2n) is 6.80. The van der Waals surface area contributed by atoms with E-state index in [-0.39, 0.29) is 11.9 Å². The van der Waals surface area contributed by atoms with Crippen LogP contribution in [-0.2, 0) is 16.1 Å². The number of benzene rings is 1. The minimum absolute atomic E-state index is 0.0436. The fraction of sp³-hybridized carbons (Fsp3) is 0.526. The molecule has 1 saturated carbocycles. The number of carbonyl (C=O) groups excluding carboxylic acids is 1. The Morgan fingerprint density at radius 1 is 1.24 bits per heavy atom. The molecule has 1 aliphatic carbocycles. The van der Waals surface area contributed by atoms with Crippen LogP contribution >= 0.6 is 0 Å². The molecule has 1 amide bonds. The number of rotatable bonds is 7. The van der Waals surface area contributed by atoms with Gasteiger partial charge in [-0.25, -0.2) is 0 Å². The first kappa shape index (κ1) is 16.3. The van der Waals surface area contributed by atoms with Gasteiger partial charge in [-0.3, -0.25) is 4.79 Å². The lowest BCUT2D eigenvalue weighted by atomic mass is 10.2. The van der Waals surface area contributed by atoms with E-state index in [1.165, 1.54) is 0 Å². The highest BCUT2D eigenvalue weighted by atomic mass is 16.5. The molecule has 0 unspecified atom stereocenters. The van der Waals surface area contributed by atoms with Crippen LogP contribution < -0.4 is 0 Å². The highest BCUT2D eigenvalue weighted by molar-refractivity contribution is 5.77. The Labute approximate surface area is 147 Å². The molecule has 0 spiro atoms. The first-order chi connectivity index (χ1) is 12.3. The normalized spacial score (nSPS) is 20.2. The first-order valence-electron chi connectivity index (χ1n) is 9.06. The Balaban J connectivity index is 1.28. The molecule has 2 aliphatic rings. The van der Waals surface area contributed by atoms with Crippen molar-refractivity contribution in [3.63, 3.8) is 0 Å². The van der Waals surface area contributed by atoms with E-state index in [1.807, 2.05) is 35.2 Å². The molecule has 132 valence electrons. The number of hydrogen-bond donors (Lipinski definition) is 0. The summed E-state index contributed by atoms with van der Waals surface area (Å²) in [5.74, 6) is 1.95. The van der Waals surface area contributed by atoms with Crippen LogP contribution in [0.4, 0.5) is 0 Å². The number of aromatic nitrogens is 2. The van der Waals surface area contributed by atoms with Gasteiger partial charge in [0.2, 0.25) is 11.8 Å². The van der Waals surface area contributed by atoms with E-state index in [4.69, 9.17) is 9.26 Å². The number of amides is 1. The van der Waals surface area contributed by atoms with Crippen molar-refractivity contribution in [2.45, 2.75) is 50.7 Å². The van der Waals surface area contributed by atoms with Gasteiger partial charge in [0.05, 0.1) is 25.7 Å². The van der Waals surface area contributed by atoms with Gasteiger partial charge in [0.1, 0.15) is 0 Å². The van der Waals surface area contributed by atoms with Crippen LogP contribution in [0.2, 0.25) is 0 Å². The lowest BCUT2D eigenvalue weighted by molar-refractivity contribution is -0.133. The molecule has 1 aromatic carbocycles. The topological polar surface area (TPSA) is 68.5 Å². The van der Waals surface area contributed by atoms with Crippen LogP contribution in [0.5, 0.6) is 0 Å². The van der Waals surface area contributed by atoms with E-state index in [0.717, 1.165) is 43.7 Å². The van der Waals surface area contributed by atoms with Crippen molar-refractivity contribution in [1.29, 1.82) is 0 Å². The summed E-state index contributed by atoms with van der Waals surface area (Å²) in [6.45, 7) is 1.72. The molecular weight excluding hydrogens is 318 g/mol. The van der Waals surface area contributed by atoms with Crippen LogP contribution in [0.25, 0.3) is 0 Å². The van der Waals surface area contributed by atoms with E-state index in [9.17, 15) is 4.79 Å². The molecule has 0 radical (unpaired) electrons. The lowest BCUT2D eigenvalue weighted by Gasteiger charge is -2.22. The van der Waals surface area contributed by atoms with Crippen LogP contribution in [-0.4, -0.2) is 34.1 Å². The van der Waals surface area contributed by atoms with Crippen LogP contribution in [0, 0.1) is 0 Å². The molecule has 6 heteroatoms. The molecule has 0 N–H and O–H groups in total. The number of nitrogens with zero attached hydrogens (tertiary/aromatic N) is 3. The summed E-state index contributed by atoms with van der Waals surface area (Å²) >= 11 is 0. The Hall–Kier alpha value is -2.21. The summed E-state index contributed by atoms with van der Waals surface area (Å²) in [7, 11) is 0. The van der Waals surface area contributed by atoms with E-state index in [0.29, 0.717) is 31.4 Å². The molecule has 0 bridgehead atoms.